The lowest BCUT2D eigenvalue weighted by Crippen LogP contribution is -2.34. The van der Waals surface area contributed by atoms with E-state index in [2.05, 4.69) is 27.3 Å². The van der Waals surface area contributed by atoms with Crippen LogP contribution in [0.15, 0.2) is 22.9 Å². The SMILES string of the molecule is CCc1onc(C)c1NC(=O)c1ccnc(N2CCCC(C)C2)c1. The Labute approximate surface area is 142 Å². The summed E-state index contributed by atoms with van der Waals surface area (Å²) in [4.78, 5) is 19.3. The van der Waals surface area contributed by atoms with Crippen molar-refractivity contribution in [1.82, 2.24) is 10.1 Å². The highest BCUT2D eigenvalue weighted by atomic mass is 16.5. The Kier molecular flexibility index (Phi) is 4.83. The molecule has 1 fully saturated rings. The first-order valence-corrected chi connectivity index (χ1v) is 8.56. The number of aromatic nitrogens is 2. The number of aryl methyl sites for hydroxylation is 2. The lowest BCUT2D eigenvalue weighted by molar-refractivity contribution is 0.102. The molecule has 1 saturated heterocycles. The second-order valence-electron chi connectivity index (χ2n) is 6.47. The molecule has 1 aliphatic heterocycles. The molecule has 6 nitrogen and oxygen atoms in total. The number of hydrogen-bond donors (Lipinski definition) is 1. The molecule has 0 bridgehead atoms. The zero-order chi connectivity index (χ0) is 17.1. The third-order valence-corrected chi connectivity index (χ3v) is 4.48. The Morgan fingerprint density at radius 2 is 2.33 bits per heavy atom. The molecular weight excluding hydrogens is 304 g/mol. The number of nitrogens with one attached hydrogen (secondary N) is 1. The van der Waals surface area contributed by atoms with Gasteiger partial charge in [-0.05, 0) is 37.8 Å². The van der Waals surface area contributed by atoms with Crippen molar-refractivity contribution in [1.29, 1.82) is 0 Å². The second-order valence-corrected chi connectivity index (χ2v) is 6.47. The Morgan fingerprint density at radius 3 is 3.08 bits per heavy atom. The highest BCUT2D eigenvalue weighted by molar-refractivity contribution is 6.05. The smallest absolute Gasteiger partial charge is 0.255 e. The van der Waals surface area contributed by atoms with Crippen molar-refractivity contribution in [2.24, 2.45) is 5.92 Å². The van der Waals surface area contributed by atoms with Gasteiger partial charge < -0.3 is 14.7 Å². The highest BCUT2D eigenvalue weighted by Gasteiger charge is 2.20. The molecule has 6 heteroatoms. The van der Waals surface area contributed by atoms with Crippen LogP contribution in [0.1, 0.15) is 48.5 Å². The predicted molar refractivity (Wildman–Crippen MR) is 93.4 cm³/mol. The maximum Gasteiger partial charge on any atom is 0.255 e. The van der Waals surface area contributed by atoms with Crippen LogP contribution in [-0.2, 0) is 6.42 Å². The lowest BCUT2D eigenvalue weighted by atomic mass is 10.0. The van der Waals surface area contributed by atoms with Crippen LogP contribution in [0.4, 0.5) is 11.5 Å². The summed E-state index contributed by atoms with van der Waals surface area (Å²) >= 11 is 0. The van der Waals surface area contributed by atoms with E-state index < -0.39 is 0 Å². The standard InChI is InChI=1S/C18H24N4O2/c1-4-15-17(13(3)21-24-15)20-18(23)14-7-8-19-16(10-14)22-9-5-6-12(2)11-22/h7-8,10,12H,4-6,9,11H2,1-3H3,(H,20,23). The molecule has 1 aliphatic rings. The Morgan fingerprint density at radius 1 is 1.50 bits per heavy atom. The number of anilines is 2. The first-order chi connectivity index (χ1) is 11.6. The second kappa shape index (κ2) is 7.03. The van der Waals surface area contributed by atoms with Gasteiger partial charge in [0, 0.05) is 31.3 Å². The fraction of sp³-hybridized carbons (Fsp3) is 0.500. The van der Waals surface area contributed by atoms with E-state index in [4.69, 9.17) is 4.52 Å². The number of rotatable bonds is 4. The van der Waals surface area contributed by atoms with Gasteiger partial charge in [-0.15, -0.1) is 0 Å². The van der Waals surface area contributed by atoms with Crippen LogP contribution < -0.4 is 10.2 Å². The molecule has 0 aromatic carbocycles. The van der Waals surface area contributed by atoms with Gasteiger partial charge in [-0.1, -0.05) is 19.0 Å². The van der Waals surface area contributed by atoms with Crippen LogP contribution in [0.3, 0.4) is 0 Å². The quantitative estimate of drug-likeness (QED) is 0.931. The highest BCUT2D eigenvalue weighted by Crippen LogP contribution is 2.24. The number of amides is 1. The van der Waals surface area contributed by atoms with Crippen LogP contribution >= 0.6 is 0 Å². The van der Waals surface area contributed by atoms with E-state index in [0.29, 0.717) is 35.0 Å². The first kappa shape index (κ1) is 16.5. The third-order valence-electron chi connectivity index (χ3n) is 4.48. The van der Waals surface area contributed by atoms with Gasteiger partial charge in [0.15, 0.2) is 5.76 Å². The molecule has 3 rings (SSSR count). The van der Waals surface area contributed by atoms with E-state index in [1.54, 1.807) is 12.3 Å². The van der Waals surface area contributed by atoms with E-state index >= 15 is 0 Å². The third kappa shape index (κ3) is 3.42. The predicted octanol–water partition coefficient (Wildman–Crippen LogP) is 3.43. The van der Waals surface area contributed by atoms with Crippen LogP contribution in [0.2, 0.25) is 0 Å². The van der Waals surface area contributed by atoms with Gasteiger partial charge in [-0.25, -0.2) is 4.98 Å². The summed E-state index contributed by atoms with van der Waals surface area (Å²) in [6.45, 7) is 8.03. The molecule has 2 aromatic heterocycles. The molecule has 128 valence electrons. The number of nitrogens with zero attached hydrogens (tertiary/aromatic N) is 3. The molecule has 1 unspecified atom stereocenters. The van der Waals surface area contributed by atoms with Crippen molar-refractivity contribution >= 4 is 17.4 Å². The van der Waals surface area contributed by atoms with Crippen LogP contribution in [0.25, 0.3) is 0 Å². The summed E-state index contributed by atoms with van der Waals surface area (Å²) in [6, 6.07) is 3.60. The van der Waals surface area contributed by atoms with Gasteiger partial charge in [0.1, 0.15) is 17.2 Å². The molecule has 0 spiro atoms. The Hall–Kier alpha value is -2.37. The summed E-state index contributed by atoms with van der Waals surface area (Å²) in [5.41, 5.74) is 1.97. The summed E-state index contributed by atoms with van der Waals surface area (Å²) in [7, 11) is 0. The Bertz CT molecular complexity index is 726. The van der Waals surface area contributed by atoms with E-state index in [0.717, 1.165) is 18.9 Å². The zero-order valence-corrected chi connectivity index (χ0v) is 14.5. The van der Waals surface area contributed by atoms with Crippen LogP contribution in [0.5, 0.6) is 0 Å². The molecule has 0 aliphatic carbocycles. The van der Waals surface area contributed by atoms with Crippen molar-refractivity contribution in [3.63, 3.8) is 0 Å². The molecule has 0 radical (unpaired) electrons. The molecule has 1 atom stereocenters. The minimum Gasteiger partial charge on any atom is -0.359 e. The van der Waals surface area contributed by atoms with Gasteiger partial charge in [-0.2, -0.15) is 0 Å². The number of hydrogen-bond acceptors (Lipinski definition) is 5. The number of carbonyl (C=O) groups is 1. The maximum atomic E-state index is 12.6. The van der Waals surface area contributed by atoms with Crippen molar-refractivity contribution in [3.8, 4) is 0 Å². The number of carbonyl (C=O) groups excluding carboxylic acids is 1. The molecule has 1 N–H and O–H groups in total. The van der Waals surface area contributed by atoms with Gasteiger partial charge in [-0.3, -0.25) is 4.79 Å². The molecule has 2 aromatic rings. The van der Waals surface area contributed by atoms with E-state index in [1.807, 2.05) is 19.9 Å². The van der Waals surface area contributed by atoms with Gasteiger partial charge >= 0.3 is 0 Å². The summed E-state index contributed by atoms with van der Waals surface area (Å²) < 4.78 is 5.23. The fourth-order valence-electron chi connectivity index (χ4n) is 3.13. The average Bonchev–Trinajstić information content (AvgIpc) is 2.95. The molecule has 24 heavy (non-hydrogen) atoms. The van der Waals surface area contributed by atoms with Gasteiger partial charge in [0.05, 0.1) is 0 Å². The largest absolute Gasteiger partial charge is 0.359 e. The number of pyridine rings is 1. The van der Waals surface area contributed by atoms with Crippen molar-refractivity contribution in [2.45, 2.75) is 40.0 Å². The first-order valence-electron chi connectivity index (χ1n) is 8.56. The topological polar surface area (TPSA) is 71.3 Å². The van der Waals surface area contributed by atoms with Crippen molar-refractivity contribution in [2.75, 3.05) is 23.3 Å². The fourth-order valence-corrected chi connectivity index (χ4v) is 3.13. The van der Waals surface area contributed by atoms with Crippen molar-refractivity contribution < 1.29 is 9.32 Å². The molecule has 3 heterocycles. The van der Waals surface area contributed by atoms with E-state index in [1.165, 1.54) is 12.8 Å². The lowest BCUT2D eigenvalue weighted by Gasteiger charge is -2.31. The minimum atomic E-state index is -0.162. The minimum absolute atomic E-state index is 0.162. The van der Waals surface area contributed by atoms with Gasteiger partial charge in [0.2, 0.25) is 0 Å². The van der Waals surface area contributed by atoms with Crippen molar-refractivity contribution in [3.05, 3.63) is 35.3 Å². The normalized spacial score (nSPS) is 17.8. The summed E-state index contributed by atoms with van der Waals surface area (Å²) in [6.07, 6.45) is 4.80. The maximum absolute atomic E-state index is 12.6. The zero-order valence-electron chi connectivity index (χ0n) is 14.5. The van der Waals surface area contributed by atoms with E-state index in [-0.39, 0.29) is 5.91 Å². The number of piperidine rings is 1. The average molecular weight is 328 g/mol. The molecule has 0 saturated carbocycles. The molecule has 1 amide bonds. The summed E-state index contributed by atoms with van der Waals surface area (Å²) in [5, 5.41) is 6.85. The van der Waals surface area contributed by atoms with Gasteiger partial charge in [0.25, 0.3) is 5.91 Å². The monoisotopic (exact) mass is 328 g/mol. The molecular formula is C18H24N4O2. The van der Waals surface area contributed by atoms with E-state index in [9.17, 15) is 4.79 Å². The van der Waals surface area contributed by atoms with Crippen LogP contribution in [-0.4, -0.2) is 29.1 Å². The summed E-state index contributed by atoms with van der Waals surface area (Å²) in [5.74, 6) is 2.06. The van der Waals surface area contributed by atoms with Crippen LogP contribution in [0, 0.1) is 12.8 Å². The Balaban J connectivity index is 1.78.